The van der Waals surface area contributed by atoms with E-state index in [4.69, 9.17) is 9.05 Å². The van der Waals surface area contributed by atoms with Crippen molar-refractivity contribution in [3.8, 4) is 0 Å². The van der Waals surface area contributed by atoms with Crippen LogP contribution < -0.4 is 5.32 Å². The van der Waals surface area contributed by atoms with Crippen molar-refractivity contribution >= 4 is 13.7 Å². The number of aliphatic hydroxyl groups excluding tert-OH is 1. The fourth-order valence-corrected chi connectivity index (χ4v) is 11.5. The van der Waals surface area contributed by atoms with Gasteiger partial charge < -0.3 is 19.8 Å². The van der Waals surface area contributed by atoms with Crippen LogP contribution in [0.2, 0.25) is 0 Å². The second kappa shape index (κ2) is 66.1. The van der Waals surface area contributed by atoms with Crippen molar-refractivity contribution in [2.75, 3.05) is 40.9 Å². The maximum Gasteiger partial charge on any atom is 0.472 e. The van der Waals surface area contributed by atoms with Crippen LogP contribution >= 0.6 is 7.82 Å². The van der Waals surface area contributed by atoms with E-state index in [0.29, 0.717) is 17.4 Å². The lowest BCUT2D eigenvalue weighted by Crippen LogP contribution is -2.45. The van der Waals surface area contributed by atoms with Crippen molar-refractivity contribution in [1.82, 2.24) is 5.32 Å². The van der Waals surface area contributed by atoms with Gasteiger partial charge in [-0.15, -0.1) is 0 Å². The SMILES string of the molecule is CC/C=C\C/C=C\C/C=C\C/C=C\CCCCCCCCCCCCCCCCCCCCC(=O)NC(COP(=O)(O)OCC[N+](C)(C)C)C(O)/C=C/CC/C=C/CC/C=C/CCCCCCCCCCCCCCCCCCCCCCCC. The van der Waals surface area contributed by atoms with Crippen LogP contribution in [0.5, 0.6) is 0 Å². The Morgan fingerprint density at radius 2 is 0.718 bits per heavy atom. The summed E-state index contributed by atoms with van der Waals surface area (Å²) >= 11 is 0. The van der Waals surface area contributed by atoms with Crippen LogP contribution in [-0.2, 0) is 18.4 Å². The highest BCUT2D eigenvalue weighted by molar-refractivity contribution is 7.47. The lowest BCUT2D eigenvalue weighted by Gasteiger charge is -2.25. The molecule has 0 saturated heterocycles. The monoisotopic (exact) mass is 1210 g/mol. The summed E-state index contributed by atoms with van der Waals surface area (Å²) in [6.45, 7) is 4.71. The van der Waals surface area contributed by atoms with Crippen molar-refractivity contribution < 1.29 is 32.9 Å². The number of phosphoric acid groups is 1. The lowest BCUT2D eigenvalue weighted by molar-refractivity contribution is -0.870. The molecule has 0 aliphatic heterocycles. The molecule has 9 heteroatoms. The number of amides is 1. The number of unbranched alkanes of at least 4 members (excludes halogenated alkanes) is 42. The predicted octanol–water partition coefficient (Wildman–Crippen LogP) is 23.5. The van der Waals surface area contributed by atoms with E-state index in [1.807, 2.05) is 27.2 Å². The number of carbonyl (C=O) groups is 1. The molecule has 0 saturated carbocycles. The van der Waals surface area contributed by atoms with Crippen LogP contribution in [0.15, 0.2) is 85.1 Å². The molecule has 0 bridgehead atoms. The second-order valence-electron chi connectivity index (χ2n) is 25.9. The number of hydrogen-bond donors (Lipinski definition) is 3. The highest BCUT2D eigenvalue weighted by atomic mass is 31.2. The van der Waals surface area contributed by atoms with Crippen LogP contribution in [0.25, 0.3) is 0 Å². The van der Waals surface area contributed by atoms with Gasteiger partial charge in [0.15, 0.2) is 0 Å². The molecule has 496 valence electrons. The average molecular weight is 1210 g/mol. The Bertz CT molecular complexity index is 1660. The molecule has 3 atom stereocenters. The molecule has 0 spiro atoms. The van der Waals surface area contributed by atoms with Crippen LogP contribution in [-0.4, -0.2) is 73.4 Å². The molecule has 0 aliphatic carbocycles. The molecule has 85 heavy (non-hydrogen) atoms. The van der Waals surface area contributed by atoms with Gasteiger partial charge in [0.25, 0.3) is 0 Å². The van der Waals surface area contributed by atoms with E-state index in [2.05, 4.69) is 92.1 Å². The van der Waals surface area contributed by atoms with Crippen molar-refractivity contribution in [3.63, 3.8) is 0 Å². The summed E-state index contributed by atoms with van der Waals surface area (Å²) < 4.78 is 23.8. The number of allylic oxidation sites excluding steroid dienone is 13. The number of phosphoric ester groups is 1. The van der Waals surface area contributed by atoms with Gasteiger partial charge in [-0.3, -0.25) is 13.8 Å². The van der Waals surface area contributed by atoms with E-state index in [9.17, 15) is 19.4 Å². The number of nitrogens with one attached hydrogen (secondary N) is 1. The third-order valence-corrected chi connectivity index (χ3v) is 17.3. The van der Waals surface area contributed by atoms with Gasteiger partial charge in [0.2, 0.25) is 5.91 Å². The Hall–Kier alpha value is -2.32. The fourth-order valence-electron chi connectivity index (χ4n) is 10.7. The zero-order valence-corrected chi connectivity index (χ0v) is 57.7. The fraction of sp³-hybridized carbons (Fsp3) is 0.803. The number of rotatable bonds is 67. The van der Waals surface area contributed by atoms with Gasteiger partial charge >= 0.3 is 7.82 Å². The van der Waals surface area contributed by atoms with Crippen LogP contribution in [0, 0.1) is 0 Å². The molecule has 0 radical (unpaired) electrons. The van der Waals surface area contributed by atoms with E-state index in [0.717, 1.165) is 70.6 Å². The smallest absolute Gasteiger partial charge is 0.387 e. The number of hydrogen-bond acceptors (Lipinski definition) is 5. The molecule has 0 aromatic carbocycles. The molecular formula is C76H142N2O6P+. The number of carbonyl (C=O) groups excluding carboxylic acids is 1. The Balaban J connectivity index is 4.10. The summed E-state index contributed by atoms with van der Waals surface area (Å²) in [6.07, 6.45) is 94.7. The second-order valence-corrected chi connectivity index (χ2v) is 27.4. The quantitative estimate of drug-likeness (QED) is 0.0243. The molecule has 8 nitrogen and oxygen atoms in total. The Kier molecular flexibility index (Phi) is 64.3. The minimum Gasteiger partial charge on any atom is -0.387 e. The van der Waals surface area contributed by atoms with Gasteiger partial charge in [-0.2, -0.15) is 0 Å². The van der Waals surface area contributed by atoms with E-state index in [1.165, 1.54) is 250 Å². The average Bonchev–Trinajstić information content (AvgIpc) is 3.49. The first kappa shape index (κ1) is 82.7. The summed E-state index contributed by atoms with van der Waals surface area (Å²) in [4.78, 5) is 23.4. The van der Waals surface area contributed by atoms with E-state index >= 15 is 0 Å². The highest BCUT2D eigenvalue weighted by Crippen LogP contribution is 2.43. The number of likely N-dealkylation sites (N-methyl/N-ethyl adjacent to an activating group) is 1. The first-order chi connectivity index (χ1) is 41.5. The van der Waals surface area contributed by atoms with E-state index in [-0.39, 0.29) is 19.1 Å². The third-order valence-electron chi connectivity index (χ3n) is 16.3. The topological polar surface area (TPSA) is 105 Å². The maximum atomic E-state index is 13.1. The third kappa shape index (κ3) is 69.0. The van der Waals surface area contributed by atoms with Crippen LogP contribution in [0.4, 0.5) is 0 Å². The molecule has 0 aliphatic rings. The Morgan fingerprint density at radius 3 is 1.08 bits per heavy atom. The molecule has 0 fully saturated rings. The Labute approximate surface area is 528 Å². The van der Waals surface area contributed by atoms with Gasteiger partial charge in [0.1, 0.15) is 13.2 Å². The molecule has 0 aromatic rings. The summed E-state index contributed by atoms with van der Waals surface area (Å²) in [5.41, 5.74) is 0. The molecule has 0 heterocycles. The molecule has 0 rings (SSSR count). The maximum absolute atomic E-state index is 13.1. The number of aliphatic hydroxyl groups is 1. The summed E-state index contributed by atoms with van der Waals surface area (Å²) in [5, 5.41) is 14.0. The van der Waals surface area contributed by atoms with Gasteiger partial charge in [-0.05, 0) is 83.5 Å². The van der Waals surface area contributed by atoms with Gasteiger partial charge in [0.05, 0.1) is 39.9 Å². The van der Waals surface area contributed by atoms with Crippen molar-refractivity contribution in [1.29, 1.82) is 0 Å². The molecule has 3 unspecified atom stereocenters. The standard InChI is InChI=1S/C76H141N2O6P/c1-6-8-10-12-14-16-18-20-22-24-26-28-30-32-34-36-38-40-41-43-45-47-49-51-53-55-57-59-61-63-65-67-69-75(79)74(73-84-85(81,82)83-72-71-78(3,4)5)77-76(80)70-68-66-64-62-60-58-56-54-52-50-48-46-44-42-39-37-35-33-31-29-27-25-23-21-19-17-15-13-11-9-7-2/h9,11,15,17,21,23,27,29,51,53,59,61,67,69,74-75,79H,6-8,10,12-14,16,18-20,22,24-26,28,30-50,52,54-58,60,62-66,68,70-73H2,1-5H3,(H-,77,80,81,82)/p+1/b11-9-,17-15-,23-21-,29-27-,53-51+,61-59+,69-67+. The van der Waals surface area contributed by atoms with Crippen molar-refractivity contribution in [2.45, 2.75) is 353 Å². The van der Waals surface area contributed by atoms with Crippen LogP contribution in [0.3, 0.4) is 0 Å². The summed E-state index contributed by atoms with van der Waals surface area (Å²) in [7, 11) is 1.55. The Morgan fingerprint density at radius 1 is 0.412 bits per heavy atom. The van der Waals surface area contributed by atoms with Gasteiger partial charge in [0, 0.05) is 6.42 Å². The summed E-state index contributed by atoms with van der Waals surface area (Å²) in [6, 6.07) is -0.875. The number of quaternary nitrogens is 1. The zero-order valence-electron chi connectivity index (χ0n) is 56.8. The number of nitrogens with zero attached hydrogens (tertiary/aromatic N) is 1. The molecular weight excluding hydrogens is 1070 g/mol. The predicted molar refractivity (Wildman–Crippen MR) is 373 cm³/mol. The largest absolute Gasteiger partial charge is 0.472 e. The van der Waals surface area contributed by atoms with Crippen molar-refractivity contribution in [3.05, 3.63) is 85.1 Å². The molecule has 1 amide bonds. The van der Waals surface area contributed by atoms with E-state index < -0.39 is 20.0 Å². The molecule has 3 N–H and O–H groups in total. The highest BCUT2D eigenvalue weighted by Gasteiger charge is 2.28. The normalized spacial score (nSPS) is 14.1. The zero-order chi connectivity index (χ0) is 61.9. The summed E-state index contributed by atoms with van der Waals surface area (Å²) in [5.74, 6) is -0.188. The molecule has 0 aromatic heterocycles. The van der Waals surface area contributed by atoms with Crippen molar-refractivity contribution in [2.24, 2.45) is 0 Å². The minimum absolute atomic E-state index is 0.0520. The first-order valence-electron chi connectivity index (χ1n) is 36.5. The van der Waals surface area contributed by atoms with Gasteiger partial charge in [-0.1, -0.05) is 336 Å². The van der Waals surface area contributed by atoms with Crippen LogP contribution in [0.1, 0.15) is 341 Å². The van der Waals surface area contributed by atoms with E-state index in [1.54, 1.807) is 6.08 Å². The first-order valence-corrected chi connectivity index (χ1v) is 38.0. The lowest BCUT2D eigenvalue weighted by atomic mass is 10.0. The minimum atomic E-state index is -4.37. The van der Waals surface area contributed by atoms with Gasteiger partial charge in [-0.25, -0.2) is 4.57 Å².